The Kier molecular flexibility index (Phi) is 6.64. The maximum Gasteiger partial charge on any atom is 0.328 e. The van der Waals surface area contributed by atoms with Gasteiger partial charge in [0.25, 0.3) is 10.0 Å². The molecule has 0 aliphatic rings. The number of fused-ring (bicyclic) bond motifs is 1. The van der Waals surface area contributed by atoms with Gasteiger partial charge in [0, 0.05) is 18.8 Å². The number of nitrogens with zero attached hydrogens (tertiary/aromatic N) is 2. The van der Waals surface area contributed by atoms with Crippen molar-refractivity contribution in [3.8, 4) is 5.69 Å². The van der Waals surface area contributed by atoms with E-state index < -0.39 is 16.1 Å². The van der Waals surface area contributed by atoms with Gasteiger partial charge in [0.15, 0.2) is 0 Å². The van der Waals surface area contributed by atoms with Crippen LogP contribution in [0.15, 0.2) is 77.7 Å². The van der Waals surface area contributed by atoms with Crippen LogP contribution >= 0.6 is 11.6 Å². The number of carbonyl (C=O) groups is 1. The molecule has 1 aromatic heterocycles. The summed E-state index contributed by atoms with van der Waals surface area (Å²) in [5.41, 5.74) is 9.88. The number of rotatable bonds is 7. The molecule has 0 saturated carbocycles. The number of sulfonamides is 1. The lowest BCUT2D eigenvalue weighted by Gasteiger charge is -2.10. The van der Waals surface area contributed by atoms with Crippen LogP contribution in [0.2, 0.25) is 5.28 Å². The molecule has 3 aromatic carbocycles. The molecule has 0 saturated heterocycles. The summed E-state index contributed by atoms with van der Waals surface area (Å²) < 4.78 is 28.5. The number of halogens is 1. The number of amides is 2. The van der Waals surface area contributed by atoms with Crippen LogP contribution in [0.1, 0.15) is 11.1 Å². The maximum atomic E-state index is 12.3. The molecule has 1 heterocycles. The summed E-state index contributed by atoms with van der Waals surface area (Å²) in [6, 6.07) is 20.6. The molecule has 8 nitrogen and oxygen atoms in total. The SMILES string of the molecule is NCc1ccc(S(=O)(=O)NC(=O)NCCc2ccc(-n3c(Cl)nc4ccccc43)cc2)cc1. The van der Waals surface area contributed by atoms with E-state index in [-0.39, 0.29) is 11.4 Å². The van der Waals surface area contributed by atoms with Gasteiger partial charge in [0.2, 0.25) is 5.28 Å². The van der Waals surface area contributed by atoms with Gasteiger partial charge in [-0.3, -0.25) is 4.57 Å². The fraction of sp³-hybridized carbons (Fsp3) is 0.130. The van der Waals surface area contributed by atoms with Gasteiger partial charge in [-0.1, -0.05) is 36.4 Å². The summed E-state index contributed by atoms with van der Waals surface area (Å²) >= 11 is 6.32. The van der Waals surface area contributed by atoms with Crippen molar-refractivity contribution in [1.29, 1.82) is 0 Å². The van der Waals surface area contributed by atoms with Gasteiger partial charge in [-0.2, -0.15) is 0 Å². The molecular formula is C23H22ClN5O3S. The van der Waals surface area contributed by atoms with Gasteiger partial charge in [0.05, 0.1) is 15.9 Å². The lowest BCUT2D eigenvalue weighted by molar-refractivity contribution is 0.246. The van der Waals surface area contributed by atoms with Crippen molar-refractivity contribution in [3.05, 3.63) is 89.2 Å². The molecule has 4 N–H and O–H groups in total. The Balaban J connectivity index is 1.34. The Bertz CT molecular complexity index is 1380. The summed E-state index contributed by atoms with van der Waals surface area (Å²) in [5, 5.41) is 2.95. The average Bonchev–Trinajstić information content (AvgIpc) is 3.15. The number of carbonyl (C=O) groups excluding carboxylic acids is 1. The van der Waals surface area contributed by atoms with E-state index in [1.807, 2.05) is 57.8 Å². The van der Waals surface area contributed by atoms with Crippen molar-refractivity contribution >= 4 is 38.7 Å². The number of hydrogen-bond donors (Lipinski definition) is 3. The highest BCUT2D eigenvalue weighted by Crippen LogP contribution is 2.24. The maximum absolute atomic E-state index is 12.3. The first kappa shape index (κ1) is 22.8. The molecule has 10 heteroatoms. The van der Waals surface area contributed by atoms with Crippen LogP contribution < -0.4 is 15.8 Å². The van der Waals surface area contributed by atoms with Gasteiger partial charge in [-0.15, -0.1) is 0 Å². The molecule has 0 fully saturated rings. The highest BCUT2D eigenvalue weighted by Gasteiger charge is 2.17. The predicted octanol–water partition coefficient (Wildman–Crippen LogP) is 3.37. The van der Waals surface area contributed by atoms with E-state index in [1.165, 1.54) is 12.1 Å². The van der Waals surface area contributed by atoms with Crippen molar-refractivity contribution in [3.63, 3.8) is 0 Å². The van der Waals surface area contributed by atoms with Crippen LogP contribution in [0.25, 0.3) is 16.7 Å². The van der Waals surface area contributed by atoms with E-state index >= 15 is 0 Å². The van der Waals surface area contributed by atoms with E-state index in [0.29, 0.717) is 18.2 Å². The predicted molar refractivity (Wildman–Crippen MR) is 128 cm³/mol. The molecule has 0 atom stereocenters. The van der Waals surface area contributed by atoms with E-state index in [1.54, 1.807) is 12.1 Å². The first-order valence-electron chi connectivity index (χ1n) is 10.2. The average molecular weight is 484 g/mol. The second kappa shape index (κ2) is 9.62. The van der Waals surface area contributed by atoms with Crippen molar-refractivity contribution in [1.82, 2.24) is 19.6 Å². The second-order valence-electron chi connectivity index (χ2n) is 7.33. The van der Waals surface area contributed by atoms with Gasteiger partial charge in [0.1, 0.15) is 0 Å². The van der Waals surface area contributed by atoms with Crippen LogP contribution in [0.4, 0.5) is 4.79 Å². The number of imidazole rings is 1. The van der Waals surface area contributed by atoms with Crippen LogP contribution in [-0.4, -0.2) is 30.5 Å². The number of urea groups is 1. The van der Waals surface area contributed by atoms with E-state index in [9.17, 15) is 13.2 Å². The Hall–Kier alpha value is -3.40. The van der Waals surface area contributed by atoms with Crippen molar-refractivity contribution < 1.29 is 13.2 Å². The van der Waals surface area contributed by atoms with Crippen LogP contribution in [0.5, 0.6) is 0 Å². The lowest BCUT2D eigenvalue weighted by atomic mass is 10.1. The molecule has 0 spiro atoms. The summed E-state index contributed by atoms with van der Waals surface area (Å²) in [6.45, 7) is 0.572. The van der Waals surface area contributed by atoms with Gasteiger partial charge >= 0.3 is 6.03 Å². The van der Waals surface area contributed by atoms with Crippen LogP contribution in [0, 0.1) is 0 Å². The van der Waals surface area contributed by atoms with Gasteiger partial charge in [-0.05, 0) is 65.5 Å². The van der Waals surface area contributed by atoms with Crippen LogP contribution in [0.3, 0.4) is 0 Å². The van der Waals surface area contributed by atoms with E-state index in [0.717, 1.165) is 27.8 Å². The molecular weight excluding hydrogens is 462 g/mol. The molecule has 4 rings (SSSR count). The minimum atomic E-state index is -3.96. The molecule has 0 aliphatic heterocycles. The third-order valence-corrected chi connectivity index (χ3v) is 6.71. The fourth-order valence-corrected chi connectivity index (χ4v) is 4.60. The van der Waals surface area contributed by atoms with E-state index in [2.05, 4.69) is 10.3 Å². The van der Waals surface area contributed by atoms with Crippen molar-refractivity contribution in [2.45, 2.75) is 17.9 Å². The number of benzene rings is 3. The van der Waals surface area contributed by atoms with Crippen molar-refractivity contribution in [2.24, 2.45) is 5.73 Å². The molecule has 0 bridgehead atoms. The summed E-state index contributed by atoms with van der Waals surface area (Å²) in [6.07, 6.45) is 0.525. The first-order chi connectivity index (χ1) is 15.9. The lowest BCUT2D eigenvalue weighted by Crippen LogP contribution is -2.40. The zero-order chi connectivity index (χ0) is 23.4. The number of hydrogen-bond acceptors (Lipinski definition) is 5. The minimum Gasteiger partial charge on any atom is -0.337 e. The molecule has 170 valence electrons. The smallest absolute Gasteiger partial charge is 0.328 e. The summed E-state index contributed by atoms with van der Waals surface area (Å²) in [7, 11) is -3.96. The Morgan fingerprint density at radius 3 is 2.33 bits per heavy atom. The molecule has 33 heavy (non-hydrogen) atoms. The normalized spacial score (nSPS) is 11.5. The summed E-state index contributed by atoms with van der Waals surface area (Å²) in [4.78, 5) is 16.4. The largest absolute Gasteiger partial charge is 0.337 e. The zero-order valence-corrected chi connectivity index (χ0v) is 19.1. The monoisotopic (exact) mass is 483 g/mol. The number of aromatic nitrogens is 2. The third-order valence-electron chi connectivity index (χ3n) is 5.11. The van der Waals surface area contributed by atoms with Gasteiger partial charge in [-0.25, -0.2) is 22.9 Å². The zero-order valence-electron chi connectivity index (χ0n) is 17.5. The highest BCUT2D eigenvalue weighted by molar-refractivity contribution is 7.90. The van der Waals surface area contributed by atoms with Gasteiger partial charge < -0.3 is 11.1 Å². The molecule has 0 radical (unpaired) electrons. The van der Waals surface area contributed by atoms with Crippen molar-refractivity contribution in [2.75, 3.05) is 6.54 Å². The Morgan fingerprint density at radius 2 is 1.64 bits per heavy atom. The standard InChI is InChI=1S/C23H22ClN5O3S/c24-22-27-20-3-1-2-4-21(20)29(22)18-9-5-16(6-10-18)13-14-26-23(30)28-33(31,32)19-11-7-17(15-25)8-12-19/h1-12H,13-15,25H2,(H2,26,28,30). The minimum absolute atomic E-state index is 0.00359. The van der Waals surface area contributed by atoms with Crippen LogP contribution in [-0.2, 0) is 23.0 Å². The first-order valence-corrected chi connectivity index (χ1v) is 12.1. The quantitative estimate of drug-likeness (QED) is 0.372. The summed E-state index contributed by atoms with van der Waals surface area (Å²) in [5.74, 6) is 0. The third kappa shape index (κ3) is 5.16. The topological polar surface area (TPSA) is 119 Å². The van der Waals surface area contributed by atoms with E-state index in [4.69, 9.17) is 17.3 Å². The Labute approximate surface area is 196 Å². The fourth-order valence-electron chi connectivity index (χ4n) is 3.40. The molecule has 0 aliphatic carbocycles. The number of nitrogens with two attached hydrogens (primary N) is 1. The Morgan fingerprint density at radius 1 is 0.970 bits per heavy atom. The molecule has 2 amide bonds. The number of para-hydroxylation sites is 2. The highest BCUT2D eigenvalue weighted by atomic mass is 35.5. The second-order valence-corrected chi connectivity index (χ2v) is 9.35. The molecule has 4 aromatic rings. The number of nitrogens with one attached hydrogen (secondary N) is 2. The molecule has 0 unspecified atom stereocenters.